The van der Waals surface area contributed by atoms with Gasteiger partial charge in [0.25, 0.3) is 0 Å². The van der Waals surface area contributed by atoms with Crippen molar-refractivity contribution >= 4 is 22.8 Å². The van der Waals surface area contributed by atoms with Gasteiger partial charge in [-0.25, -0.2) is 4.98 Å². The van der Waals surface area contributed by atoms with Crippen LogP contribution in [0.5, 0.6) is 5.75 Å². The van der Waals surface area contributed by atoms with Gasteiger partial charge in [-0.05, 0) is 29.2 Å². The van der Waals surface area contributed by atoms with Crippen LogP contribution in [0.4, 0.5) is 0 Å². The lowest BCUT2D eigenvalue weighted by Crippen LogP contribution is -1.95. The van der Waals surface area contributed by atoms with Gasteiger partial charge in [-0.3, -0.25) is 5.10 Å². The Labute approximate surface area is 132 Å². The summed E-state index contributed by atoms with van der Waals surface area (Å²) >= 11 is 1.84. The van der Waals surface area contributed by atoms with Crippen molar-refractivity contribution in [1.29, 1.82) is 0 Å². The zero-order valence-electron chi connectivity index (χ0n) is 12.1. The third kappa shape index (κ3) is 2.18. The molecule has 3 heterocycles. The van der Waals surface area contributed by atoms with Crippen molar-refractivity contribution < 1.29 is 4.74 Å². The van der Waals surface area contributed by atoms with E-state index in [-0.39, 0.29) is 0 Å². The molecule has 1 aliphatic heterocycles. The largest absolute Gasteiger partial charge is 0.496 e. The lowest BCUT2D eigenvalue weighted by Gasteiger charge is -2.08. The molecule has 4 nitrogen and oxygen atoms in total. The smallest absolute Gasteiger partial charge is 0.155 e. The minimum absolute atomic E-state index is 0.433. The SMILES string of the molecule is COc1ccccc1-c1n[nH]c2ncc(C3C=CSC3)cc12. The van der Waals surface area contributed by atoms with Crippen LogP contribution in [-0.2, 0) is 0 Å². The molecule has 0 radical (unpaired) electrons. The summed E-state index contributed by atoms with van der Waals surface area (Å²) in [6.45, 7) is 0. The molecule has 1 N–H and O–H groups in total. The molecule has 1 unspecified atom stereocenters. The molecule has 2 aromatic heterocycles. The second-order valence-corrected chi connectivity index (χ2v) is 6.14. The first-order valence-corrected chi connectivity index (χ1v) is 8.17. The Morgan fingerprint density at radius 2 is 2.23 bits per heavy atom. The number of fused-ring (bicyclic) bond motifs is 1. The minimum Gasteiger partial charge on any atom is -0.496 e. The van der Waals surface area contributed by atoms with Crippen LogP contribution in [0.25, 0.3) is 22.3 Å². The highest BCUT2D eigenvalue weighted by atomic mass is 32.2. The minimum atomic E-state index is 0.433. The third-order valence-corrected chi connectivity index (χ3v) is 4.81. The van der Waals surface area contributed by atoms with Crippen LogP contribution in [0.1, 0.15) is 11.5 Å². The molecule has 3 aromatic rings. The van der Waals surface area contributed by atoms with E-state index in [0.29, 0.717) is 5.92 Å². The van der Waals surface area contributed by atoms with Crippen LogP contribution < -0.4 is 4.74 Å². The normalized spacial score (nSPS) is 17.2. The zero-order chi connectivity index (χ0) is 14.9. The number of hydrogen-bond donors (Lipinski definition) is 1. The Morgan fingerprint density at radius 3 is 3.05 bits per heavy atom. The fourth-order valence-corrected chi connectivity index (χ4v) is 3.66. The van der Waals surface area contributed by atoms with Crippen LogP contribution in [0.2, 0.25) is 0 Å². The molecule has 1 atom stereocenters. The van der Waals surface area contributed by atoms with E-state index < -0.39 is 0 Å². The second kappa shape index (κ2) is 5.50. The lowest BCUT2D eigenvalue weighted by molar-refractivity contribution is 0.416. The molecule has 0 amide bonds. The molecule has 0 saturated heterocycles. The highest BCUT2D eigenvalue weighted by Gasteiger charge is 2.17. The summed E-state index contributed by atoms with van der Waals surface area (Å²) in [5.74, 6) is 2.33. The number of nitrogens with zero attached hydrogens (tertiary/aromatic N) is 2. The maximum absolute atomic E-state index is 5.46. The molecule has 0 spiro atoms. The van der Waals surface area contributed by atoms with Gasteiger partial charge in [0.15, 0.2) is 5.65 Å². The average Bonchev–Trinajstić information content (AvgIpc) is 3.23. The number of rotatable bonds is 3. The van der Waals surface area contributed by atoms with Crippen molar-refractivity contribution in [2.75, 3.05) is 12.9 Å². The van der Waals surface area contributed by atoms with Gasteiger partial charge in [0.2, 0.25) is 0 Å². The van der Waals surface area contributed by atoms with Gasteiger partial charge in [0.05, 0.1) is 7.11 Å². The quantitative estimate of drug-likeness (QED) is 0.795. The van der Waals surface area contributed by atoms with Crippen molar-refractivity contribution in [2.24, 2.45) is 0 Å². The Hall–Kier alpha value is -2.27. The van der Waals surface area contributed by atoms with E-state index >= 15 is 0 Å². The van der Waals surface area contributed by atoms with Crippen molar-refractivity contribution in [3.05, 3.63) is 53.6 Å². The highest BCUT2D eigenvalue weighted by Crippen LogP contribution is 2.35. The van der Waals surface area contributed by atoms with E-state index in [1.54, 1.807) is 7.11 Å². The predicted octanol–water partition coefficient (Wildman–Crippen LogP) is 3.98. The van der Waals surface area contributed by atoms with E-state index in [2.05, 4.69) is 32.7 Å². The fourth-order valence-electron chi connectivity index (χ4n) is 2.74. The Bertz CT molecular complexity index is 856. The summed E-state index contributed by atoms with van der Waals surface area (Å²) in [4.78, 5) is 4.53. The zero-order valence-corrected chi connectivity index (χ0v) is 12.9. The molecule has 110 valence electrons. The van der Waals surface area contributed by atoms with E-state index in [0.717, 1.165) is 33.8 Å². The topological polar surface area (TPSA) is 50.8 Å². The van der Waals surface area contributed by atoms with Gasteiger partial charge < -0.3 is 4.74 Å². The monoisotopic (exact) mass is 309 g/mol. The van der Waals surface area contributed by atoms with Crippen LogP contribution in [0.3, 0.4) is 0 Å². The van der Waals surface area contributed by atoms with Crippen molar-refractivity contribution in [3.8, 4) is 17.0 Å². The van der Waals surface area contributed by atoms with E-state index in [1.807, 2.05) is 42.2 Å². The summed E-state index contributed by atoms with van der Waals surface area (Å²) in [5.41, 5.74) is 3.90. The Kier molecular flexibility index (Phi) is 3.35. The van der Waals surface area contributed by atoms with Gasteiger partial charge in [-0.2, -0.15) is 5.10 Å². The van der Waals surface area contributed by atoms with Crippen LogP contribution in [0.15, 0.2) is 48.0 Å². The first kappa shape index (κ1) is 13.4. The van der Waals surface area contributed by atoms with Crippen molar-refractivity contribution in [3.63, 3.8) is 0 Å². The fraction of sp³-hybridized carbons (Fsp3) is 0.176. The van der Waals surface area contributed by atoms with Crippen LogP contribution in [0, 0.1) is 0 Å². The maximum Gasteiger partial charge on any atom is 0.155 e. The molecule has 4 rings (SSSR count). The van der Waals surface area contributed by atoms with Crippen LogP contribution >= 0.6 is 11.8 Å². The van der Waals surface area contributed by atoms with Crippen molar-refractivity contribution in [2.45, 2.75) is 5.92 Å². The lowest BCUT2D eigenvalue weighted by atomic mass is 10.0. The number of para-hydroxylation sites is 1. The number of thioether (sulfide) groups is 1. The highest BCUT2D eigenvalue weighted by molar-refractivity contribution is 8.02. The van der Waals surface area contributed by atoms with E-state index in [9.17, 15) is 0 Å². The summed E-state index contributed by atoms with van der Waals surface area (Å²) in [6, 6.07) is 10.1. The Balaban J connectivity index is 1.87. The first-order valence-electron chi connectivity index (χ1n) is 7.12. The second-order valence-electron chi connectivity index (χ2n) is 5.21. The third-order valence-electron chi connectivity index (χ3n) is 3.91. The molecule has 1 aromatic carbocycles. The number of aromatic nitrogens is 3. The number of aromatic amines is 1. The van der Waals surface area contributed by atoms with Gasteiger partial charge >= 0.3 is 0 Å². The number of methoxy groups -OCH3 is 1. The Morgan fingerprint density at radius 1 is 1.32 bits per heavy atom. The number of nitrogens with one attached hydrogen (secondary N) is 1. The van der Waals surface area contributed by atoms with Gasteiger partial charge in [0, 0.05) is 28.8 Å². The van der Waals surface area contributed by atoms with Crippen LogP contribution in [-0.4, -0.2) is 28.0 Å². The average molecular weight is 309 g/mol. The molecular formula is C17H15N3OS. The number of benzene rings is 1. The molecule has 0 aliphatic carbocycles. The number of H-pyrrole nitrogens is 1. The standard InChI is InChI=1S/C17H15N3OS/c1-21-15-5-3-2-4-13(15)16-14-8-12(11-6-7-22-10-11)9-18-17(14)20-19-16/h2-9,11H,10H2,1H3,(H,18,19,20). The molecule has 5 heteroatoms. The van der Waals surface area contributed by atoms with E-state index in [4.69, 9.17) is 4.74 Å². The number of pyridine rings is 1. The molecule has 0 saturated carbocycles. The van der Waals surface area contributed by atoms with Gasteiger partial charge in [0.1, 0.15) is 11.4 Å². The molecule has 0 bridgehead atoms. The predicted molar refractivity (Wildman–Crippen MR) is 90.2 cm³/mol. The molecule has 1 aliphatic rings. The van der Waals surface area contributed by atoms with Gasteiger partial charge in [-0.1, -0.05) is 18.2 Å². The molecular weight excluding hydrogens is 294 g/mol. The summed E-state index contributed by atoms with van der Waals surface area (Å²) in [7, 11) is 1.68. The molecule has 0 fully saturated rings. The number of allylic oxidation sites excluding steroid dienone is 1. The van der Waals surface area contributed by atoms with Crippen molar-refractivity contribution in [1.82, 2.24) is 15.2 Å². The maximum atomic E-state index is 5.46. The summed E-state index contributed by atoms with van der Waals surface area (Å²) in [5, 5.41) is 10.7. The van der Waals surface area contributed by atoms with Gasteiger partial charge in [-0.15, -0.1) is 11.8 Å². The number of ether oxygens (including phenoxy) is 1. The first-order chi connectivity index (χ1) is 10.9. The molecule has 22 heavy (non-hydrogen) atoms. The summed E-state index contributed by atoms with van der Waals surface area (Å²) < 4.78 is 5.46. The van der Waals surface area contributed by atoms with E-state index in [1.165, 1.54) is 5.56 Å². The number of hydrogen-bond acceptors (Lipinski definition) is 4. The summed E-state index contributed by atoms with van der Waals surface area (Å²) in [6.07, 6.45) is 4.17.